The molecule has 0 aliphatic heterocycles. The van der Waals surface area contributed by atoms with Crippen molar-refractivity contribution < 1.29 is 9.90 Å². The molecule has 7 heteroatoms. The number of aliphatic carboxylic acids is 1. The van der Waals surface area contributed by atoms with Crippen LogP contribution in [0.25, 0.3) is 11.4 Å². The summed E-state index contributed by atoms with van der Waals surface area (Å²) in [4.78, 5) is 14.9. The zero-order chi connectivity index (χ0) is 13.1. The van der Waals surface area contributed by atoms with Crippen LogP contribution in [0.4, 0.5) is 0 Å². The van der Waals surface area contributed by atoms with E-state index in [2.05, 4.69) is 20.5 Å². The van der Waals surface area contributed by atoms with E-state index in [-0.39, 0.29) is 12.5 Å². The molecule has 0 aliphatic rings. The second-order valence-corrected chi connectivity index (χ2v) is 4.03. The van der Waals surface area contributed by atoms with Crippen molar-refractivity contribution in [3.05, 3.63) is 24.0 Å². The van der Waals surface area contributed by atoms with Crippen molar-refractivity contribution >= 4 is 5.97 Å². The van der Waals surface area contributed by atoms with E-state index in [1.54, 1.807) is 19.2 Å². The fourth-order valence-electron chi connectivity index (χ4n) is 1.73. The standard InChI is InChI=1S/C11H13N5O2/c1-7(6-10(17)18)16-11(13-14-15-16)9-4-3-5-12-8(9)2/h3-5,7H,6H2,1-2H3,(H,17,18). The minimum Gasteiger partial charge on any atom is -0.481 e. The predicted octanol–water partition coefficient (Wildman–Crippen LogP) is 1.08. The zero-order valence-corrected chi connectivity index (χ0v) is 10.1. The maximum atomic E-state index is 10.7. The molecular weight excluding hydrogens is 234 g/mol. The summed E-state index contributed by atoms with van der Waals surface area (Å²) in [5, 5.41) is 20.2. The summed E-state index contributed by atoms with van der Waals surface area (Å²) in [7, 11) is 0. The average molecular weight is 247 g/mol. The summed E-state index contributed by atoms with van der Waals surface area (Å²) in [6.07, 6.45) is 1.66. The van der Waals surface area contributed by atoms with Crippen LogP contribution in [0, 0.1) is 6.92 Å². The Balaban J connectivity index is 2.39. The number of tetrazole rings is 1. The zero-order valence-electron chi connectivity index (χ0n) is 10.1. The molecule has 94 valence electrons. The molecule has 1 N–H and O–H groups in total. The fraction of sp³-hybridized carbons (Fsp3) is 0.364. The fourth-order valence-corrected chi connectivity index (χ4v) is 1.73. The molecule has 2 aromatic rings. The third-order valence-corrected chi connectivity index (χ3v) is 2.63. The number of carboxylic acid groups (broad SMARTS) is 1. The molecule has 0 aliphatic carbocycles. The van der Waals surface area contributed by atoms with Gasteiger partial charge >= 0.3 is 5.97 Å². The van der Waals surface area contributed by atoms with Gasteiger partial charge in [-0.05, 0) is 36.4 Å². The van der Waals surface area contributed by atoms with Crippen LogP contribution in [0.1, 0.15) is 25.1 Å². The van der Waals surface area contributed by atoms with E-state index in [4.69, 9.17) is 5.11 Å². The molecule has 0 saturated heterocycles. The average Bonchev–Trinajstić information content (AvgIpc) is 2.77. The van der Waals surface area contributed by atoms with Crippen LogP contribution < -0.4 is 0 Å². The monoisotopic (exact) mass is 247 g/mol. The number of carboxylic acids is 1. The molecule has 1 atom stereocenters. The van der Waals surface area contributed by atoms with Gasteiger partial charge in [0.2, 0.25) is 0 Å². The van der Waals surface area contributed by atoms with Crippen molar-refractivity contribution in [3.8, 4) is 11.4 Å². The van der Waals surface area contributed by atoms with E-state index < -0.39 is 5.97 Å². The lowest BCUT2D eigenvalue weighted by Gasteiger charge is -2.11. The Morgan fingerprint density at radius 2 is 2.33 bits per heavy atom. The Morgan fingerprint density at radius 1 is 1.56 bits per heavy atom. The Bertz CT molecular complexity index is 566. The first-order valence-electron chi connectivity index (χ1n) is 5.51. The van der Waals surface area contributed by atoms with Crippen LogP contribution in [0.15, 0.2) is 18.3 Å². The van der Waals surface area contributed by atoms with Gasteiger partial charge in [0.05, 0.1) is 12.5 Å². The maximum Gasteiger partial charge on any atom is 0.305 e. The summed E-state index contributed by atoms with van der Waals surface area (Å²) in [5.41, 5.74) is 1.61. The summed E-state index contributed by atoms with van der Waals surface area (Å²) < 4.78 is 1.51. The van der Waals surface area contributed by atoms with Gasteiger partial charge in [-0.1, -0.05) is 0 Å². The lowest BCUT2D eigenvalue weighted by molar-refractivity contribution is -0.137. The van der Waals surface area contributed by atoms with E-state index in [9.17, 15) is 4.79 Å². The largest absolute Gasteiger partial charge is 0.481 e. The van der Waals surface area contributed by atoms with Gasteiger partial charge in [0.1, 0.15) is 0 Å². The van der Waals surface area contributed by atoms with Crippen molar-refractivity contribution in [1.29, 1.82) is 0 Å². The molecule has 0 amide bonds. The molecule has 0 bridgehead atoms. The second-order valence-electron chi connectivity index (χ2n) is 4.03. The third-order valence-electron chi connectivity index (χ3n) is 2.63. The number of hydrogen-bond donors (Lipinski definition) is 1. The third kappa shape index (κ3) is 2.34. The van der Waals surface area contributed by atoms with Crippen molar-refractivity contribution in [1.82, 2.24) is 25.2 Å². The smallest absolute Gasteiger partial charge is 0.305 e. The molecular formula is C11H13N5O2. The quantitative estimate of drug-likeness (QED) is 0.868. The topological polar surface area (TPSA) is 93.8 Å². The molecule has 2 aromatic heterocycles. The normalized spacial score (nSPS) is 12.3. The van der Waals surface area contributed by atoms with Gasteiger partial charge in [-0.2, -0.15) is 0 Å². The van der Waals surface area contributed by atoms with Gasteiger partial charge in [0, 0.05) is 17.5 Å². The van der Waals surface area contributed by atoms with Gasteiger partial charge in [0.15, 0.2) is 5.82 Å². The highest BCUT2D eigenvalue weighted by Crippen LogP contribution is 2.22. The highest BCUT2D eigenvalue weighted by atomic mass is 16.4. The molecule has 1 unspecified atom stereocenters. The van der Waals surface area contributed by atoms with Crippen molar-refractivity contribution in [2.24, 2.45) is 0 Å². The number of nitrogens with zero attached hydrogens (tertiary/aromatic N) is 5. The SMILES string of the molecule is Cc1ncccc1-c1nnnn1C(C)CC(=O)O. The number of aromatic nitrogens is 5. The highest BCUT2D eigenvalue weighted by molar-refractivity contribution is 5.67. The van der Waals surface area contributed by atoms with Crippen LogP contribution in [-0.2, 0) is 4.79 Å². The lowest BCUT2D eigenvalue weighted by Crippen LogP contribution is -2.13. The molecule has 2 rings (SSSR count). The number of aryl methyl sites for hydroxylation is 1. The van der Waals surface area contributed by atoms with Gasteiger partial charge in [0.25, 0.3) is 0 Å². The first-order chi connectivity index (χ1) is 8.59. The van der Waals surface area contributed by atoms with Gasteiger partial charge in [-0.3, -0.25) is 9.78 Å². The Morgan fingerprint density at radius 3 is 3.00 bits per heavy atom. The summed E-state index contributed by atoms with van der Waals surface area (Å²) in [6.45, 7) is 3.62. The summed E-state index contributed by atoms with van der Waals surface area (Å²) >= 11 is 0. The predicted molar refractivity (Wildman–Crippen MR) is 62.7 cm³/mol. The molecule has 7 nitrogen and oxygen atoms in total. The maximum absolute atomic E-state index is 10.7. The highest BCUT2D eigenvalue weighted by Gasteiger charge is 2.18. The Kier molecular flexibility index (Phi) is 3.31. The number of pyridine rings is 1. The molecule has 0 aromatic carbocycles. The van der Waals surface area contributed by atoms with Crippen LogP contribution in [0.2, 0.25) is 0 Å². The van der Waals surface area contributed by atoms with E-state index in [0.717, 1.165) is 11.3 Å². The van der Waals surface area contributed by atoms with Crippen molar-refractivity contribution in [2.75, 3.05) is 0 Å². The number of rotatable bonds is 4. The Hall–Kier alpha value is -2.31. The van der Waals surface area contributed by atoms with Crippen molar-refractivity contribution in [2.45, 2.75) is 26.3 Å². The molecule has 18 heavy (non-hydrogen) atoms. The minimum atomic E-state index is -0.883. The Labute approximate surface area is 103 Å². The molecule has 0 saturated carbocycles. The van der Waals surface area contributed by atoms with Gasteiger partial charge in [-0.15, -0.1) is 5.10 Å². The minimum absolute atomic E-state index is 0.0304. The van der Waals surface area contributed by atoms with Gasteiger partial charge < -0.3 is 5.11 Å². The van der Waals surface area contributed by atoms with Crippen LogP contribution >= 0.6 is 0 Å². The second kappa shape index (κ2) is 4.91. The first-order valence-corrected chi connectivity index (χ1v) is 5.51. The van der Waals surface area contributed by atoms with E-state index in [1.165, 1.54) is 4.68 Å². The number of carbonyl (C=O) groups is 1. The molecule has 0 radical (unpaired) electrons. The van der Waals surface area contributed by atoms with E-state index in [1.807, 2.05) is 13.0 Å². The molecule has 0 fully saturated rings. The van der Waals surface area contributed by atoms with E-state index in [0.29, 0.717) is 5.82 Å². The summed E-state index contributed by atoms with van der Waals surface area (Å²) in [5.74, 6) is -0.346. The lowest BCUT2D eigenvalue weighted by atomic mass is 10.1. The van der Waals surface area contributed by atoms with Crippen LogP contribution in [0.3, 0.4) is 0 Å². The molecule has 0 spiro atoms. The van der Waals surface area contributed by atoms with Gasteiger partial charge in [-0.25, -0.2) is 4.68 Å². The summed E-state index contributed by atoms with van der Waals surface area (Å²) in [6, 6.07) is 3.34. The molecule has 2 heterocycles. The number of hydrogen-bond acceptors (Lipinski definition) is 5. The van der Waals surface area contributed by atoms with Crippen LogP contribution in [-0.4, -0.2) is 36.3 Å². The van der Waals surface area contributed by atoms with E-state index >= 15 is 0 Å². The van der Waals surface area contributed by atoms with Crippen molar-refractivity contribution in [3.63, 3.8) is 0 Å². The van der Waals surface area contributed by atoms with Crippen LogP contribution in [0.5, 0.6) is 0 Å². The first kappa shape index (κ1) is 12.2.